The lowest BCUT2D eigenvalue weighted by Gasteiger charge is -2.14. The van der Waals surface area contributed by atoms with E-state index in [2.05, 4.69) is 31.7 Å². The third-order valence-electron chi connectivity index (χ3n) is 5.35. The molecule has 13 heteroatoms. The summed E-state index contributed by atoms with van der Waals surface area (Å²) in [6.45, 7) is 0.0370. The Balaban J connectivity index is 1.41. The van der Waals surface area contributed by atoms with Gasteiger partial charge in [0, 0.05) is 24.3 Å². The number of hydrogen-bond acceptors (Lipinski definition) is 6. The largest absolute Gasteiger partial charge is 0.331 e. The number of benzene rings is 3. The fraction of sp³-hybridized carbons (Fsp3) is 0.0769. The molecule has 1 aliphatic heterocycles. The number of thiocarbonyl (C=S) groups is 2. The predicted molar refractivity (Wildman–Crippen MR) is 154 cm³/mol. The smallest absolute Gasteiger partial charge is 0.261 e. The Labute approximate surface area is 233 Å². The van der Waals surface area contributed by atoms with Crippen molar-refractivity contribution in [3.05, 3.63) is 95.6 Å². The molecule has 0 saturated heterocycles. The number of carbonyl (C=O) groups is 2. The van der Waals surface area contributed by atoms with Crippen LogP contribution in [0.15, 0.2) is 83.0 Å². The summed E-state index contributed by atoms with van der Waals surface area (Å²) in [5, 5.41) is 14.3. The molecule has 0 spiro atoms. The zero-order chi connectivity index (χ0) is 27.8. The molecule has 2 amide bonds. The van der Waals surface area contributed by atoms with Crippen molar-refractivity contribution in [2.45, 2.75) is 6.42 Å². The van der Waals surface area contributed by atoms with Crippen molar-refractivity contribution in [3.63, 3.8) is 0 Å². The summed E-state index contributed by atoms with van der Waals surface area (Å²) >= 11 is 10.4. The monoisotopic (exact) mass is 565 g/mol. The summed E-state index contributed by atoms with van der Waals surface area (Å²) in [7, 11) is 0. The lowest BCUT2D eigenvalue weighted by molar-refractivity contribution is 0.0659. The Morgan fingerprint density at radius 3 is 1.77 bits per heavy atom. The van der Waals surface area contributed by atoms with Crippen molar-refractivity contribution in [1.82, 2.24) is 15.8 Å². The van der Waals surface area contributed by atoms with E-state index in [0.717, 1.165) is 4.90 Å². The van der Waals surface area contributed by atoms with Gasteiger partial charge < -0.3 is 10.6 Å². The van der Waals surface area contributed by atoms with E-state index in [-0.39, 0.29) is 34.8 Å². The number of imide groups is 1. The van der Waals surface area contributed by atoms with Gasteiger partial charge in [-0.2, -0.15) is 10.2 Å². The first-order chi connectivity index (χ1) is 18.8. The van der Waals surface area contributed by atoms with Crippen molar-refractivity contribution in [1.29, 1.82) is 0 Å². The second kappa shape index (κ2) is 12.8. The van der Waals surface area contributed by atoms with Crippen LogP contribution in [0.1, 0.15) is 27.1 Å². The molecule has 0 saturated carbocycles. The van der Waals surface area contributed by atoms with E-state index in [1.54, 1.807) is 24.3 Å². The molecule has 1 aliphatic rings. The molecular weight excluding hydrogens is 544 g/mol. The highest BCUT2D eigenvalue weighted by Crippen LogP contribution is 2.22. The highest BCUT2D eigenvalue weighted by Gasteiger charge is 2.34. The van der Waals surface area contributed by atoms with E-state index in [1.165, 1.54) is 54.7 Å². The van der Waals surface area contributed by atoms with Crippen LogP contribution in [0.2, 0.25) is 0 Å². The number of halogens is 2. The van der Waals surface area contributed by atoms with Gasteiger partial charge in [0.15, 0.2) is 10.2 Å². The van der Waals surface area contributed by atoms with Gasteiger partial charge in [-0.15, -0.1) is 0 Å². The van der Waals surface area contributed by atoms with Gasteiger partial charge in [-0.3, -0.25) is 25.3 Å². The molecule has 39 heavy (non-hydrogen) atoms. The van der Waals surface area contributed by atoms with Crippen LogP contribution in [0.3, 0.4) is 0 Å². The van der Waals surface area contributed by atoms with Crippen LogP contribution in [0.5, 0.6) is 0 Å². The number of nitrogens with zero attached hydrogens (tertiary/aromatic N) is 3. The first-order valence-electron chi connectivity index (χ1n) is 11.5. The second-order valence-corrected chi connectivity index (χ2v) is 8.88. The summed E-state index contributed by atoms with van der Waals surface area (Å²) in [5.41, 5.74) is 7.41. The molecule has 4 N–H and O–H groups in total. The maximum absolute atomic E-state index is 13.1. The minimum Gasteiger partial charge on any atom is -0.331 e. The van der Waals surface area contributed by atoms with Gasteiger partial charge >= 0.3 is 0 Å². The van der Waals surface area contributed by atoms with E-state index in [0.29, 0.717) is 28.2 Å². The molecule has 0 bridgehead atoms. The van der Waals surface area contributed by atoms with Gasteiger partial charge in [0.25, 0.3) is 11.8 Å². The van der Waals surface area contributed by atoms with Crippen LogP contribution in [0.25, 0.3) is 0 Å². The van der Waals surface area contributed by atoms with Crippen LogP contribution < -0.4 is 21.5 Å². The SMILES string of the molecule is O=C1c2ccccc2C(=O)N1CCC(/C=N/NC(=S)Nc1ccc(F)cc1)=N\NC(=S)Nc1ccc(F)cc1. The summed E-state index contributed by atoms with van der Waals surface area (Å²) in [6, 6.07) is 17.8. The molecule has 3 aromatic rings. The van der Waals surface area contributed by atoms with Crippen molar-refractivity contribution in [2.75, 3.05) is 17.2 Å². The maximum atomic E-state index is 13.1. The lowest BCUT2D eigenvalue weighted by atomic mass is 10.1. The molecule has 0 aromatic heterocycles. The van der Waals surface area contributed by atoms with Crippen molar-refractivity contribution in [3.8, 4) is 0 Å². The van der Waals surface area contributed by atoms with Gasteiger partial charge in [0.1, 0.15) is 11.6 Å². The van der Waals surface area contributed by atoms with E-state index in [9.17, 15) is 18.4 Å². The van der Waals surface area contributed by atoms with Crippen molar-refractivity contribution < 1.29 is 18.4 Å². The maximum Gasteiger partial charge on any atom is 0.261 e. The highest BCUT2D eigenvalue weighted by atomic mass is 32.1. The molecule has 3 aromatic carbocycles. The second-order valence-electron chi connectivity index (χ2n) is 8.06. The van der Waals surface area contributed by atoms with E-state index in [1.807, 2.05) is 0 Å². The number of rotatable bonds is 8. The zero-order valence-electron chi connectivity index (χ0n) is 20.2. The van der Waals surface area contributed by atoms with Crippen LogP contribution in [-0.2, 0) is 0 Å². The zero-order valence-corrected chi connectivity index (χ0v) is 21.8. The quantitative estimate of drug-likeness (QED) is 0.139. The van der Waals surface area contributed by atoms with Crippen LogP contribution in [0.4, 0.5) is 20.2 Å². The van der Waals surface area contributed by atoms with E-state index < -0.39 is 11.8 Å². The van der Waals surface area contributed by atoms with Gasteiger partial charge in [0.05, 0.1) is 23.1 Å². The number of hydrogen-bond donors (Lipinski definition) is 4. The number of amides is 2. The highest BCUT2D eigenvalue weighted by molar-refractivity contribution is 7.80. The average molecular weight is 566 g/mol. The predicted octanol–water partition coefficient (Wildman–Crippen LogP) is 4.27. The number of nitrogens with one attached hydrogen (secondary N) is 4. The molecule has 0 atom stereocenters. The van der Waals surface area contributed by atoms with Gasteiger partial charge in [-0.1, -0.05) is 12.1 Å². The third-order valence-corrected chi connectivity index (χ3v) is 5.74. The first-order valence-corrected chi connectivity index (χ1v) is 12.3. The van der Waals surface area contributed by atoms with Crippen LogP contribution in [-0.4, -0.2) is 45.4 Å². The van der Waals surface area contributed by atoms with Crippen molar-refractivity contribution >= 4 is 69.8 Å². The third kappa shape index (κ3) is 7.46. The molecule has 0 fully saturated rings. The van der Waals surface area contributed by atoms with Gasteiger partial charge in [0.2, 0.25) is 0 Å². The van der Waals surface area contributed by atoms with Crippen LogP contribution in [0, 0.1) is 11.6 Å². The number of anilines is 2. The molecule has 0 unspecified atom stereocenters. The minimum absolute atomic E-state index is 0.0370. The number of fused-ring (bicyclic) bond motifs is 1. The fourth-order valence-electron chi connectivity index (χ4n) is 3.49. The summed E-state index contributed by atoms with van der Waals surface area (Å²) in [4.78, 5) is 26.6. The topological polar surface area (TPSA) is 110 Å². The summed E-state index contributed by atoms with van der Waals surface area (Å²) in [6.07, 6.45) is 1.49. The average Bonchev–Trinajstić information content (AvgIpc) is 3.17. The van der Waals surface area contributed by atoms with Crippen LogP contribution >= 0.6 is 24.4 Å². The lowest BCUT2D eigenvalue weighted by Crippen LogP contribution is -2.33. The molecule has 4 rings (SSSR count). The van der Waals surface area contributed by atoms with E-state index >= 15 is 0 Å². The Morgan fingerprint density at radius 1 is 0.769 bits per heavy atom. The number of hydrazone groups is 2. The molecule has 0 radical (unpaired) electrons. The first kappa shape index (κ1) is 27.4. The molecule has 198 valence electrons. The van der Waals surface area contributed by atoms with Gasteiger partial charge in [-0.25, -0.2) is 8.78 Å². The minimum atomic E-state index is -0.392. The molecular formula is C26H21F2N7O2S2. The van der Waals surface area contributed by atoms with Crippen molar-refractivity contribution in [2.24, 2.45) is 10.2 Å². The molecule has 0 aliphatic carbocycles. The Kier molecular flexibility index (Phi) is 8.97. The van der Waals surface area contributed by atoms with E-state index in [4.69, 9.17) is 24.4 Å². The molecule has 9 nitrogen and oxygen atoms in total. The molecule has 1 heterocycles. The summed E-state index contributed by atoms with van der Waals surface area (Å²) < 4.78 is 26.2. The Bertz CT molecular complexity index is 1430. The fourth-order valence-corrected chi connectivity index (χ4v) is 3.82. The van der Waals surface area contributed by atoms with Gasteiger partial charge in [-0.05, 0) is 85.1 Å². The Hall–Kier alpha value is -4.62. The summed E-state index contributed by atoms with van der Waals surface area (Å²) in [5.74, 6) is -1.55. The number of carbonyl (C=O) groups excluding carboxylic acids is 2. The standard InChI is InChI=1S/C26H21F2N7O2S2/c27-16-5-9-18(10-6-16)30-25(38)33-29-15-20(32-34-26(39)31-19-11-7-17(28)8-12-19)13-14-35-23(36)21-3-1-2-4-22(21)24(35)37/h1-12,15H,13-14H2,(H2,30,33,38)(H2,31,34,39)/b29-15+,32-20+. The normalized spacial score (nSPS) is 12.9. The Morgan fingerprint density at radius 2 is 1.26 bits per heavy atom.